The third-order valence-electron chi connectivity index (χ3n) is 3.09. The van der Waals surface area contributed by atoms with Crippen LogP contribution in [0.2, 0.25) is 0 Å². The van der Waals surface area contributed by atoms with Crippen molar-refractivity contribution in [1.29, 1.82) is 0 Å². The Balaban J connectivity index is 2.74. The minimum absolute atomic E-state index is 0.309. The Morgan fingerprint density at radius 2 is 2.06 bits per heavy atom. The lowest BCUT2D eigenvalue weighted by Crippen LogP contribution is -2.36. The van der Waals surface area contributed by atoms with Gasteiger partial charge in [-0.1, -0.05) is 33.1 Å². The molecule has 3 heteroatoms. The van der Waals surface area contributed by atoms with Crippen LogP contribution in [0.15, 0.2) is 18.3 Å². The summed E-state index contributed by atoms with van der Waals surface area (Å²) in [6.45, 7) is 4.22. The summed E-state index contributed by atoms with van der Waals surface area (Å²) in [4.78, 5) is 4.10. The predicted octanol–water partition coefficient (Wildman–Crippen LogP) is 3.37. The van der Waals surface area contributed by atoms with E-state index in [1.807, 2.05) is 0 Å². The zero-order valence-electron chi connectivity index (χ0n) is 10.2. The van der Waals surface area contributed by atoms with Crippen molar-refractivity contribution in [1.82, 2.24) is 4.98 Å². The second-order valence-corrected chi connectivity index (χ2v) is 4.33. The molecule has 0 saturated heterocycles. The molecule has 0 radical (unpaired) electrons. The SMILES string of the molecule is CCCCCC(N)(CC)c1ccc(F)cn1. The fourth-order valence-electron chi connectivity index (χ4n) is 1.85. The Bertz CT molecular complexity index is 310. The summed E-state index contributed by atoms with van der Waals surface area (Å²) in [6.07, 6.45) is 6.44. The molecule has 1 unspecified atom stereocenters. The number of rotatable bonds is 6. The van der Waals surface area contributed by atoms with Crippen molar-refractivity contribution in [2.75, 3.05) is 0 Å². The summed E-state index contributed by atoms with van der Waals surface area (Å²) in [5.74, 6) is -0.309. The van der Waals surface area contributed by atoms with Crippen LogP contribution < -0.4 is 5.73 Å². The van der Waals surface area contributed by atoms with Crippen LogP contribution in [0.25, 0.3) is 0 Å². The van der Waals surface area contributed by atoms with Crippen molar-refractivity contribution >= 4 is 0 Å². The predicted molar refractivity (Wildman–Crippen MR) is 64.5 cm³/mol. The lowest BCUT2D eigenvalue weighted by atomic mass is 9.87. The molecule has 0 aromatic carbocycles. The first kappa shape index (κ1) is 13.1. The van der Waals surface area contributed by atoms with Crippen molar-refractivity contribution < 1.29 is 4.39 Å². The van der Waals surface area contributed by atoms with E-state index in [4.69, 9.17) is 5.73 Å². The summed E-state index contributed by atoms with van der Waals surface area (Å²) in [6, 6.07) is 3.13. The van der Waals surface area contributed by atoms with E-state index in [1.165, 1.54) is 25.1 Å². The molecule has 0 bridgehead atoms. The van der Waals surface area contributed by atoms with E-state index in [1.54, 1.807) is 6.07 Å². The van der Waals surface area contributed by atoms with Crippen molar-refractivity contribution in [3.63, 3.8) is 0 Å². The number of nitrogens with two attached hydrogens (primary N) is 1. The Labute approximate surface area is 97.1 Å². The largest absolute Gasteiger partial charge is 0.320 e. The number of hydrogen-bond acceptors (Lipinski definition) is 2. The van der Waals surface area contributed by atoms with Gasteiger partial charge in [0.25, 0.3) is 0 Å². The van der Waals surface area contributed by atoms with E-state index in [0.717, 1.165) is 25.0 Å². The van der Waals surface area contributed by atoms with Gasteiger partial charge in [-0.3, -0.25) is 4.98 Å². The average Bonchev–Trinajstić information content (AvgIpc) is 2.30. The van der Waals surface area contributed by atoms with Crippen molar-refractivity contribution in [3.05, 3.63) is 29.8 Å². The van der Waals surface area contributed by atoms with Gasteiger partial charge in [-0.05, 0) is 25.0 Å². The van der Waals surface area contributed by atoms with E-state index in [2.05, 4.69) is 18.8 Å². The smallest absolute Gasteiger partial charge is 0.141 e. The fourth-order valence-corrected chi connectivity index (χ4v) is 1.85. The zero-order chi connectivity index (χ0) is 12.0. The van der Waals surface area contributed by atoms with Gasteiger partial charge in [0, 0.05) is 0 Å². The van der Waals surface area contributed by atoms with Crippen LogP contribution in [0.5, 0.6) is 0 Å². The summed E-state index contributed by atoms with van der Waals surface area (Å²) >= 11 is 0. The van der Waals surface area contributed by atoms with Crippen LogP contribution in [0.3, 0.4) is 0 Å². The molecule has 1 rings (SSSR count). The first-order valence-electron chi connectivity index (χ1n) is 6.03. The third-order valence-corrected chi connectivity index (χ3v) is 3.09. The van der Waals surface area contributed by atoms with Crippen LogP contribution in [0, 0.1) is 5.82 Å². The molecule has 2 N–H and O–H groups in total. The van der Waals surface area contributed by atoms with Gasteiger partial charge >= 0.3 is 0 Å². The van der Waals surface area contributed by atoms with Gasteiger partial charge in [0.05, 0.1) is 17.4 Å². The number of pyridine rings is 1. The second kappa shape index (κ2) is 5.94. The quantitative estimate of drug-likeness (QED) is 0.752. The highest BCUT2D eigenvalue weighted by atomic mass is 19.1. The van der Waals surface area contributed by atoms with E-state index in [-0.39, 0.29) is 5.82 Å². The first-order valence-corrected chi connectivity index (χ1v) is 6.03. The maximum Gasteiger partial charge on any atom is 0.141 e. The average molecular weight is 224 g/mol. The molecular formula is C13H21FN2. The minimum Gasteiger partial charge on any atom is -0.320 e. The van der Waals surface area contributed by atoms with Gasteiger partial charge in [0.15, 0.2) is 0 Å². The molecule has 1 atom stereocenters. The summed E-state index contributed by atoms with van der Waals surface area (Å²) < 4.78 is 12.8. The standard InChI is InChI=1S/C13H21FN2/c1-3-5-6-9-13(15,4-2)12-8-7-11(14)10-16-12/h7-8,10H,3-6,9,15H2,1-2H3. The maximum absolute atomic E-state index is 12.8. The van der Waals surface area contributed by atoms with Crippen molar-refractivity contribution in [3.8, 4) is 0 Å². The Morgan fingerprint density at radius 3 is 2.56 bits per heavy atom. The summed E-state index contributed by atoms with van der Waals surface area (Å²) in [7, 11) is 0. The molecular weight excluding hydrogens is 203 g/mol. The van der Waals surface area contributed by atoms with E-state index < -0.39 is 5.54 Å². The third kappa shape index (κ3) is 3.27. The van der Waals surface area contributed by atoms with Crippen molar-refractivity contribution in [2.24, 2.45) is 5.73 Å². The molecule has 2 nitrogen and oxygen atoms in total. The molecule has 1 heterocycles. The van der Waals surface area contributed by atoms with Gasteiger partial charge in [-0.15, -0.1) is 0 Å². The number of halogens is 1. The van der Waals surface area contributed by atoms with E-state index in [0.29, 0.717) is 0 Å². The van der Waals surface area contributed by atoms with Gasteiger partial charge in [-0.25, -0.2) is 4.39 Å². The molecule has 0 amide bonds. The maximum atomic E-state index is 12.8. The number of unbranched alkanes of at least 4 members (excludes halogenated alkanes) is 2. The van der Waals surface area contributed by atoms with Gasteiger partial charge < -0.3 is 5.73 Å². The summed E-state index contributed by atoms with van der Waals surface area (Å²) in [5, 5.41) is 0. The van der Waals surface area contributed by atoms with E-state index in [9.17, 15) is 4.39 Å². The van der Waals surface area contributed by atoms with Crippen LogP contribution in [0.4, 0.5) is 4.39 Å². The molecule has 0 saturated carbocycles. The number of nitrogens with zero attached hydrogens (tertiary/aromatic N) is 1. The molecule has 0 fully saturated rings. The topological polar surface area (TPSA) is 38.9 Å². The molecule has 0 aliphatic carbocycles. The van der Waals surface area contributed by atoms with Gasteiger partial charge in [0.2, 0.25) is 0 Å². The molecule has 1 aromatic rings. The monoisotopic (exact) mass is 224 g/mol. The Kier molecular flexibility index (Phi) is 4.87. The molecule has 0 spiro atoms. The fraction of sp³-hybridized carbons (Fsp3) is 0.615. The van der Waals surface area contributed by atoms with Gasteiger partial charge in [0.1, 0.15) is 5.82 Å². The minimum atomic E-state index is -0.400. The van der Waals surface area contributed by atoms with Gasteiger partial charge in [-0.2, -0.15) is 0 Å². The highest BCUT2D eigenvalue weighted by Gasteiger charge is 2.25. The van der Waals surface area contributed by atoms with Crippen LogP contribution in [0.1, 0.15) is 51.6 Å². The number of hydrogen-bond donors (Lipinski definition) is 1. The van der Waals surface area contributed by atoms with Crippen LogP contribution in [-0.4, -0.2) is 4.98 Å². The number of aromatic nitrogens is 1. The lowest BCUT2D eigenvalue weighted by molar-refractivity contribution is 0.365. The highest BCUT2D eigenvalue weighted by molar-refractivity contribution is 5.15. The first-order chi connectivity index (χ1) is 7.62. The Hall–Kier alpha value is -0.960. The zero-order valence-corrected chi connectivity index (χ0v) is 10.2. The van der Waals surface area contributed by atoms with Crippen LogP contribution >= 0.6 is 0 Å². The van der Waals surface area contributed by atoms with Crippen molar-refractivity contribution in [2.45, 2.75) is 51.5 Å². The van der Waals surface area contributed by atoms with E-state index >= 15 is 0 Å². The molecule has 90 valence electrons. The molecule has 1 aromatic heterocycles. The molecule has 16 heavy (non-hydrogen) atoms. The summed E-state index contributed by atoms with van der Waals surface area (Å²) in [5.41, 5.74) is 6.72. The molecule has 0 aliphatic rings. The Morgan fingerprint density at radius 1 is 1.31 bits per heavy atom. The lowest BCUT2D eigenvalue weighted by Gasteiger charge is -2.27. The second-order valence-electron chi connectivity index (χ2n) is 4.33. The van der Waals surface area contributed by atoms with Crippen LogP contribution in [-0.2, 0) is 5.54 Å². The molecule has 0 aliphatic heterocycles. The highest BCUT2D eigenvalue weighted by Crippen LogP contribution is 2.26. The normalized spacial score (nSPS) is 14.8.